The van der Waals surface area contributed by atoms with Crippen molar-refractivity contribution in [1.29, 1.82) is 0 Å². The largest absolute Gasteiger partial charge is 0.327 e. The van der Waals surface area contributed by atoms with Gasteiger partial charge in [0.15, 0.2) is 5.43 Å². The Bertz CT molecular complexity index is 1210. The van der Waals surface area contributed by atoms with Crippen molar-refractivity contribution in [3.05, 3.63) is 94.9 Å². The molecule has 4 heteroatoms. The molecule has 0 saturated heterocycles. The van der Waals surface area contributed by atoms with E-state index in [-0.39, 0.29) is 5.43 Å². The summed E-state index contributed by atoms with van der Waals surface area (Å²) in [5, 5.41) is 0.641. The number of fused-ring (bicyclic) bond motifs is 1. The first-order valence-corrected chi connectivity index (χ1v) is 10.1. The molecular weight excluding hydrogens is 358 g/mol. The summed E-state index contributed by atoms with van der Waals surface area (Å²) in [6, 6.07) is 24.4. The van der Waals surface area contributed by atoms with Crippen molar-refractivity contribution in [2.24, 2.45) is 5.92 Å². The van der Waals surface area contributed by atoms with Crippen molar-refractivity contribution in [3.63, 3.8) is 0 Å². The Morgan fingerprint density at radius 3 is 2.38 bits per heavy atom. The predicted molar refractivity (Wildman–Crippen MR) is 118 cm³/mol. The Labute approximate surface area is 170 Å². The van der Waals surface area contributed by atoms with E-state index in [1.165, 1.54) is 12.8 Å². The molecule has 0 bridgehead atoms. The number of anilines is 2. The van der Waals surface area contributed by atoms with Crippen LogP contribution in [-0.4, -0.2) is 16.1 Å². The van der Waals surface area contributed by atoms with Crippen LogP contribution in [0.3, 0.4) is 0 Å². The lowest BCUT2D eigenvalue weighted by Crippen LogP contribution is -2.26. The van der Waals surface area contributed by atoms with E-state index in [1.807, 2.05) is 37.3 Å². The highest BCUT2D eigenvalue weighted by atomic mass is 16.1. The van der Waals surface area contributed by atoms with Gasteiger partial charge in [-0.2, -0.15) is 0 Å². The van der Waals surface area contributed by atoms with Crippen molar-refractivity contribution in [2.45, 2.75) is 19.8 Å². The molecule has 0 atom stereocenters. The van der Waals surface area contributed by atoms with Gasteiger partial charge in [0.25, 0.3) is 0 Å². The van der Waals surface area contributed by atoms with E-state index in [4.69, 9.17) is 0 Å². The van der Waals surface area contributed by atoms with Gasteiger partial charge in [-0.15, -0.1) is 0 Å². The summed E-state index contributed by atoms with van der Waals surface area (Å²) in [6.45, 7) is 2.87. The zero-order valence-electron chi connectivity index (χ0n) is 16.5. The molecule has 0 unspecified atom stereocenters. The average molecular weight is 381 g/mol. The molecule has 1 saturated carbocycles. The molecule has 144 valence electrons. The molecule has 1 aliphatic carbocycles. The number of benzene rings is 2. The van der Waals surface area contributed by atoms with E-state index >= 15 is 0 Å². The van der Waals surface area contributed by atoms with E-state index in [2.05, 4.69) is 50.8 Å². The highest BCUT2D eigenvalue weighted by Gasteiger charge is 2.27. The van der Waals surface area contributed by atoms with Gasteiger partial charge in [0.1, 0.15) is 5.82 Å². The number of aromatic nitrogens is 2. The Morgan fingerprint density at radius 1 is 1.00 bits per heavy atom. The summed E-state index contributed by atoms with van der Waals surface area (Å²) in [5.41, 5.74) is 3.94. The van der Waals surface area contributed by atoms with Gasteiger partial charge in [-0.1, -0.05) is 36.4 Å². The van der Waals surface area contributed by atoms with E-state index in [0.29, 0.717) is 11.3 Å². The van der Waals surface area contributed by atoms with E-state index in [9.17, 15) is 4.79 Å². The Morgan fingerprint density at radius 2 is 1.69 bits per heavy atom. The lowest BCUT2D eigenvalue weighted by atomic mass is 10.1. The van der Waals surface area contributed by atoms with Gasteiger partial charge in [-0.05, 0) is 56.0 Å². The average Bonchev–Trinajstić information content (AvgIpc) is 3.57. The minimum absolute atomic E-state index is 0.00593. The molecule has 0 N–H and O–H groups in total. The SMILES string of the molecule is Cc1cc2c(cn1)c(=O)cc(N(CC1CC1)c1ccccc1)n2-c1ccccc1. The van der Waals surface area contributed by atoms with Crippen LogP contribution < -0.4 is 10.3 Å². The van der Waals surface area contributed by atoms with Gasteiger partial charge in [-0.3, -0.25) is 14.3 Å². The van der Waals surface area contributed by atoms with Crippen molar-refractivity contribution in [1.82, 2.24) is 9.55 Å². The highest BCUT2D eigenvalue weighted by Crippen LogP contribution is 2.36. The first-order valence-electron chi connectivity index (χ1n) is 10.1. The minimum Gasteiger partial charge on any atom is -0.327 e. The number of aryl methyl sites for hydroxylation is 1. The normalized spacial score (nSPS) is 13.6. The molecule has 4 nitrogen and oxygen atoms in total. The maximum Gasteiger partial charge on any atom is 0.193 e. The second-order valence-electron chi connectivity index (χ2n) is 7.77. The fourth-order valence-electron chi connectivity index (χ4n) is 3.85. The number of hydrogen-bond acceptors (Lipinski definition) is 3. The van der Waals surface area contributed by atoms with Crippen LogP contribution >= 0.6 is 0 Å². The third kappa shape index (κ3) is 3.42. The van der Waals surface area contributed by atoms with Crippen LogP contribution in [0.1, 0.15) is 18.5 Å². The van der Waals surface area contributed by atoms with Gasteiger partial charge in [0, 0.05) is 35.9 Å². The third-order valence-corrected chi connectivity index (χ3v) is 5.51. The topological polar surface area (TPSA) is 38.1 Å². The van der Waals surface area contributed by atoms with Crippen molar-refractivity contribution in [2.75, 3.05) is 11.4 Å². The lowest BCUT2D eigenvalue weighted by molar-refractivity contribution is 0.795. The van der Waals surface area contributed by atoms with Crippen LogP contribution in [0.25, 0.3) is 16.6 Å². The molecule has 5 rings (SSSR count). The molecule has 0 radical (unpaired) electrons. The standard InChI is InChI=1S/C25H23N3O/c1-18-14-23-22(16-26-18)24(29)15-25(28(23)21-10-6-3-7-11-21)27(17-19-12-13-19)20-8-4-2-5-9-20/h2-11,14-16,19H,12-13,17H2,1H3. The zero-order chi connectivity index (χ0) is 19.8. The van der Waals surface area contributed by atoms with Gasteiger partial charge < -0.3 is 4.90 Å². The van der Waals surface area contributed by atoms with Crippen LogP contribution in [0.15, 0.2) is 83.8 Å². The van der Waals surface area contributed by atoms with Crippen molar-refractivity contribution < 1.29 is 0 Å². The number of rotatable bonds is 5. The molecule has 29 heavy (non-hydrogen) atoms. The Balaban J connectivity index is 1.83. The van der Waals surface area contributed by atoms with Crippen LogP contribution in [0.2, 0.25) is 0 Å². The molecule has 1 fully saturated rings. The van der Waals surface area contributed by atoms with Crippen molar-refractivity contribution >= 4 is 22.4 Å². The number of pyridine rings is 2. The monoisotopic (exact) mass is 381 g/mol. The summed E-state index contributed by atoms with van der Waals surface area (Å²) in [5.74, 6) is 1.57. The maximum atomic E-state index is 13.1. The minimum atomic E-state index is 0.00593. The third-order valence-electron chi connectivity index (χ3n) is 5.51. The Kier molecular flexibility index (Phi) is 4.39. The van der Waals surface area contributed by atoms with Crippen molar-refractivity contribution in [3.8, 4) is 5.69 Å². The first-order chi connectivity index (χ1) is 14.2. The van der Waals surface area contributed by atoms with E-state index < -0.39 is 0 Å². The Hall–Kier alpha value is -3.40. The van der Waals surface area contributed by atoms with E-state index in [1.54, 1.807) is 12.3 Å². The second-order valence-corrected chi connectivity index (χ2v) is 7.77. The zero-order valence-corrected chi connectivity index (χ0v) is 16.5. The van der Waals surface area contributed by atoms with Crippen LogP contribution in [-0.2, 0) is 0 Å². The maximum absolute atomic E-state index is 13.1. The molecule has 0 spiro atoms. The molecule has 2 aromatic carbocycles. The second kappa shape index (κ2) is 7.21. The fraction of sp³-hybridized carbons (Fsp3) is 0.200. The number of para-hydroxylation sites is 2. The molecule has 1 aliphatic rings. The van der Waals surface area contributed by atoms with Gasteiger partial charge in [-0.25, -0.2) is 0 Å². The van der Waals surface area contributed by atoms with E-state index in [0.717, 1.165) is 34.9 Å². The smallest absolute Gasteiger partial charge is 0.193 e. The fourth-order valence-corrected chi connectivity index (χ4v) is 3.85. The summed E-state index contributed by atoms with van der Waals surface area (Å²) >= 11 is 0. The first kappa shape index (κ1) is 17.7. The highest BCUT2D eigenvalue weighted by molar-refractivity contribution is 5.84. The van der Waals surface area contributed by atoms with Gasteiger partial charge in [0.2, 0.25) is 0 Å². The van der Waals surface area contributed by atoms with Crippen LogP contribution in [0.5, 0.6) is 0 Å². The molecule has 2 heterocycles. The molecule has 2 aromatic heterocycles. The quantitative estimate of drug-likeness (QED) is 0.474. The number of hydrogen-bond donors (Lipinski definition) is 0. The van der Waals surface area contributed by atoms with Gasteiger partial charge >= 0.3 is 0 Å². The van der Waals surface area contributed by atoms with Gasteiger partial charge in [0.05, 0.1) is 10.9 Å². The molecule has 0 aliphatic heterocycles. The molecule has 4 aromatic rings. The molecular formula is C25H23N3O. The number of nitrogens with zero attached hydrogens (tertiary/aromatic N) is 3. The predicted octanol–water partition coefficient (Wildman–Crippen LogP) is 5.24. The summed E-state index contributed by atoms with van der Waals surface area (Å²) in [6.07, 6.45) is 4.19. The lowest BCUT2D eigenvalue weighted by Gasteiger charge is -2.29. The molecule has 0 amide bonds. The van der Waals surface area contributed by atoms with Crippen LogP contribution in [0.4, 0.5) is 11.5 Å². The summed E-state index contributed by atoms with van der Waals surface area (Å²) < 4.78 is 2.20. The summed E-state index contributed by atoms with van der Waals surface area (Å²) in [4.78, 5) is 19.7. The summed E-state index contributed by atoms with van der Waals surface area (Å²) in [7, 11) is 0. The van der Waals surface area contributed by atoms with Crippen LogP contribution in [0, 0.1) is 12.8 Å².